The van der Waals surface area contributed by atoms with Crippen LogP contribution < -0.4 is 0 Å². The molecule has 0 radical (unpaired) electrons. The first-order valence-corrected chi connectivity index (χ1v) is 2.68. The minimum atomic E-state index is -2.99. The van der Waals surface area contributed by atoms with Gasteiger partial charge in [-0.2, -0.15) is 0 Å². The summed E-state index contributed by atoms with van der Waals surface area (Å²) >= 11 is 0. The van der Waals surface area contributed by atoms with Gasteiger partial charge in [-0.15, -0.1) is 0 Å². The zero-order valence-corrected chi connectivity index (χ0v) is 5.77. The molecule has 0 fully saturated rings. The van der Waals surface area contributed by atoms with Crippen molar-refractivity contribution in [1.82, 2.24) is 0 Å². The molecule has 0 aromatic rings. The molecule has 0 saturated heterocycles. The molecule has 0 rings (SSSR count). The van der Waals surface area contributed by atoms with Gasteiger partial charge >= 0.3 is 11.9 Å². The van der Waals surface area contributed by atoms with E-state index in [9.17, 15) is 9.59 Å². The largest absolute Gasteiger partial charge is 0.390 e. The van der Waals surface area contributed by atoms with E-state index in [2.05, 4.69) is 4.74 Å². The number of hydrogen-bond acceptors (Lipinski definition) is 6. The molecule has 0 aliphatic heterocycles. The molecule has 64 valence electrons. The van der Waals surface area contributed by atoms with E-state index >= 15 is 0 Å². The van der Waals surface area contributed by atoms with Crippen molar-refractivity contribution in [3.05, 3.63) is 0 Å². The highest BCUT2D eigenvalue weighted by atomic mass is 16.6. The first kappa shape index (κ1) is 10.0. The summed E-state index contributed by atoms with van der Waals surface area (Å²) in [7, 11) is 0. The van der Waals surface area contributed by atoms with Crippen LogP contribution in [-0.4, -0.2) is 39.7 Å². The smallest absolute Gasteiger partial charge is 0.376 e. The number of hydrogen-bond donors (Lipinski definition) is 3. The molecule has 0 unspecified atom stereocenters. The molecule has 0 saturated carbocycles. The SMILES string of the molecule is CC(=O)OC(=O)C(O)(O)CO. The van der Waals surface area contributed by atoms with Crippen molar-refractivity contribution < 1.29 is 29.6 Å². The van der Waals surface area contributed by atoms with E-state index in [0.717, 1.165) is 6.92 Å². The number of rotatable bonds is 2. The lowest BCUT2D eigenvalue weighted by Crippen LogP contribution is -2.44. The highest BCUT2D eigenvalue weighted by molar-refractivity contribution is 5.88. The van der Waals surface area contributed by atoms with Crippen LogP contribution in [0.25, 0.3) is 0 Å². The Balaban J connectivity index is 4.13. The van der Waals surface area contributed by atoms with Gasteiger partial charge in [-0.1, -0.05) is 0 Å². The Morgan fingerprint density at radius 2 is 1.91 bits per heavy atom. The average molecular weight is 164 g/mol. The van der Waals surface area contributed by atoms with Crippen LogP contribution in [0, 0.1) is 0 Å². The van der Waals surface area contributed by atoms with Gasteiger partial charge in [0.2, 0.25) is 0 Å². The predicted molar refractivity (Wildman–Crippen MR) is 31.0 cm³/mol. The molecule has 0 heterocycles. The number of carbonyl (C=O) groups is 2. The molecule has 6 nitrogen and oxygen atoms in total. The van der Waals surface area contributed by atoms with E-state index in [0.29, 0.717) is 0 Å². The third-order valence-electron chi connectivity index (χ3n) is 0.784. The lowest BCUT2D eigenvalue weighted by molar-refractivity contribution is -0.219. The molecule has 0 spiro atoms. The fraction of sp³-hybridized carbons (Fsp3) is 0.600. The molecule has 0 amide bonds. The van der Waals surface area contributed by atoms with E-state index in [1.807, 2.05) is 0 Å². The highest BCUT2D eigenvalue weighted by Crippen LogP contribution is 2.00. The van der Waals surface area contributed by atoms with E-state index in [4.69, 9.17) is 15.3 Å². The van der Waals surface area contributed by atoms with Gasteiger partial charge in [0.25, 0.3) is 5.79 Å². The maximum absolute atomic E-state index is 10.4. The molecule has 0 aromatic carbocycles. The Morgan fingerprint density at radius 1 is 1.45 bits per heavy atom. The van der Waals surface area contributed by atoms with Gasteiger partial charge in [-0.3, -0.25) is 4.79 Å². The average Bonchev–Trinajstić information content (AvgIpc) is 1.86. The van der Waals surface area contributed by atoms with E-state index < -0.39 is 24.3 Å². The Labute approximate surface area is 62.0 Å². The van der Waals surface area contributed by atoms with Crippen LogP contribution in [0.3, 0.4) is 0 Å². The van der Waals surface area contributed by atoms with Crippen molar-refractivity contribution in [2.75, 3.05) is 6.61 Å². The number of aliphatic hydroxyl groups is 3. The standard InChI is InChI=1S/C5H8O6/c1-3(7)11-4(8)5(9,10)2-6/h6,9-10H,2H2,1H3. The van der Waals surface area contributed by atoms with Crippen LogP contribution in [0.15, 0.2) is 0 Å². The van der Waals surface area contributed by atoms with Crippen LogP contribution in [-0.2, 0) is 14.3 Å². The fourth-order valence-corrected chi connectivity index (χ4v) is 0.277. The second kappa shape index (κ2) is 3.42. The monoisotopic (exact) mass is 164 g/mol. The quantitative estimate of drug-likeness (QED) is 0.242. The summed E-state index contributed by atoms with van der Waals surface area (Å²) in [5.74, 6) is -5.56. The van der Waals surface area contributed by atoms with Crippen molar-refractivity contribution >= 4 is 11.9 Å². The molecule has 0 aromatic heterocycles. The van der Waals surface area contributed by atoms with Crippen molar-refractivity contribution in [3.63, 3.8) is 0 Å². The minimum Gasteiger partial charge on any atom is -0.390 e. The number of esters is 2. The Hall–Kier alpha value is -0.980. The summed E-state index contributed by atoms with van der Waals surface area (Å²) < 4.78 is 3.77. The summed E-state index contributed by atoms with van der Waals surface area (Å²) in [4.78, 5) is 20.5. The molecule has 3 N–H and O–H groups in total. The van der Waals surface area contributed by atoms with Crippen molar-refractivity contribution in [2.24, 2.45) is 0 Å². The molecule has 11 heavy (non-hydrogen) atoms. The zero-order valence-electron chi connectivity index (χ0n) is 5.77. The van der Waals surface area contributed by atoms with Gasteiger partial charge in [0.1, 0.15) is 6.61 Å². The van der Waals surface area contributed by atoms with Crippen molar-refractivity contribution in [1.29, 1.82) is 0 Å². The topological polar surface area (TPSA) is 104 Å². The first-order chi connectivity index (χ1) is 4.90. The molecular formula is C5H8O6. The van der Waals surface area contributed by atoms with E-state index in [-0.39, 0.29) is 0 Å². The summed E-state index contributed by atoms with van der Waals surface area (Å²) in [5.41, 5.74) is 0. The summed E-state index contributed by atoms with van der Waals surface area (Å²) in [6.45, 7) is -0.301. The number of carbonyl (C=O) groups excluding carboxylic acids is 2. The molecule has 6 heteroatoms. The third-order valence-corrected chi connectivity index (χ3v) is 0.784. The summed E-state index contributed by atoms with van der Waals surface area (Å²) in [5, 5.41) is 25.2. The van der Waals surface area contributed by atoms with E-state index in [1.54, 1.807) is 0 Å². The Bertz CT molecular complexity index is 172. The van der Waals surface area contributed by atoms with Crippen molar-refractivity contribution in [3.8, 4) is 0 Å². The highest BCUT2D eigenvalue weighted by Gasteiger charge is 2.35. The lowest BCUT2D eigenvalue weighted by atomic mass is 10.3. The minimum absolute atomic E-state index is 0.922. The van der Waals surface area contributed by atoms with Crippen LogP contribution in [0.5, 0.6) is 0 Å². The Kier molecular flexibility index (Phi) is 3.12. The second-order valence-electron chi connectivity index (χ2n) is 1.86. The van der Waals surface area contributed by atoms with Crippen LogP contribution in [0.1, 0.15) is 6.92 Å². The van der Waals surface area contributed by atoms with E-state index in [1.165, 1.54) is 0 Å². The number of ether oxygens (including phenoxy) is 1. The molecule has 0 aliphatic carbocycles. The Morgan fingerprint density at radius 3 is 2.18 bits per heavy atom. The van der Waals surface area contributed by atoms with Crippen LogP contribution in [0.4, 0.5) is 0 Å². The zero-order chi connectivity index (χ0) is 9.07. The fourth-order valence-electron chi connectivity index (χ4n) is 0.277. The predicted octanol–water partition coefficient (Wildman–Crippen LogP) is -2.25. The summed E-state index contributed by atoms with van der Waals surface area (Å²) in [6, 6.07) is 0. The molecule has 0 bridgehead atoms. The van der Waals surface area contributed by atoms with Gasteiger partial charge < -0.3 is 20.1 Å². The maximum atomic E-state index is 10.4. The summed E-state index contributed by atoms with van der Waals surface area (Å²) in [6.07, 6.45) is 0. The van der Waals surface area contributed by atoms with Gasteiger partial charge in [0, 0.05) is 6.92 Å². The van der Waals surface area contributed by atoms with Crippen molar-refractivity contribution in [2.45, 2.75) is 12.7 Å². The van der Waals surface area contributed by atoms with Gasteiger partial charge in [0.05, 0.1) is 0 Å². The third kappa shape index (κ3) is 3.08. The van der Waals surface area contributed by atoms with Gasteiger partial charge in [-0.05, 0) is 0 Å². The first-order valence-electron chi connectivity index (χ1n) is 2.68. The molecule has 0 aliphatic rings. The molecule has 0 atom stereocenters. The number of aliphatic hydroxyl groups excluding tert-OH is 1. The molecular weight excluding hydrogens is 156 g/mol. The maximum Gasteiger partial charge on any atom is 0.376 e. The van der Waals surface area contributed by atoms with Crippen LogP contribution >= 0.6 is 0 Å². The lowest BCUT2D eigenvalue weighted by Gasteiger charge is -2.14. The normalized spacial score (nSPS) is 10.9. The second-order valence-corrected chi connectivity index (χ2v) is 1.86. The van der Waals surface area contributed by atoms with Gasteiger partial charge in [-0.25, -0.2) is 4.79 Å². The van der Waals surface area contributed by atoms with Crippen LogP contribution in [0.2, 0.25) is 0 Å². The van der Waals surface area contributed by atoms with Gasteiger partial charge in [0.15, 0.2) is 0 Å².